The maximum Gasteiger partial charge on any atom is 0.244 e. The number of nitrogens with one attached hydrogen (secondary N) is 2. The van der Waals surface area contributed by atoms with Crippen molar-refractivity contribution in [3.8, 4) is 0 Å². The van der Waals surface area contributed by atoms with E-state index >= 15 is 0 Å². The van der Waals surface area contributed by atoms with E-state index in [2.05, 4.69) is 15.0 Å². The van der Waals surface area contributed by atoms with E-state index in [-0.39, 0.29) is 22.5 Å². The first-order valence-electron chi connectivity index (χ1n) is 5.92. The molecule has 0 aromatic carbocycles. The SMILES string of the molecule is CC(NS(=O)(=O)c1cnccc1N)C(=O)NC1CC1. The third-order valence-corrected chi connectivity index (χ3v) is 4.34. The quantitative estimate of drug-likeness (QED) is 0.681. The molecule has 4 N–H and O–H groups in total. The Labute approximate surface area is 111 Å². The second kappa shape index (κ2) is 5.14. The van der Waals surface area contributed by atoms with E-state index < -0.39 is 16.1 Å². The molecular formula is C11H16N4O3S. The first-order valence-corrected chi connectivity index (χ1v) is 7.40. The van der Waals surface area contributed by atoms with Crippen molar-refractivity contribution in [1.82, 2.24) is 15.0 Å². The molecule has 19 heavy (non-hydrogen) atoms. The number of nitrogens with two attached hydrogens (primary N) is 1. The number of nitrogens with zero attached hydrogens (tertiary/aromatic N) is 1. The van der Waals surface area contributed by atoms with Crippen LogP contribution >= 0.6 is 0 Å². The number of sulfonamides is 1. The van der Waals surface area contributed by atoms with Gasteiger partial charge in [0.25, 0.3) is 0 Å². The molecule has 1 fully saturated rings. The van der Waals surface area contributed by atoms with Crippen LogP contribution in [0.2, 0.25) is 0 Å². The van der Waals surface area contributed by atoms with Crippen LogP contribution in [0.25, 0.3) is 0 Å². The zero-order valence-electron chi connectivity index (χ0n) is 10.5. The lowest BCUT2D eigenvalue weighted by Gasteiger charge is -2.14. The molecule has 1 heterocycles. The Morgan fingerprint density at radius 1 is 1.53 bits per heavy atom. The normalized spacial score (nSPS) is 16.9. The second-order valence-corrected chi connectivity index (χ2v) is 6.22. The van der Waals surface area contributed by atoms with E-state index in [0.29, 0.717) is 0 Å². The monoisotopic (exact) mass is 284 g/mol. The molecule has 0 saturated heterocycles. The number of hydrogen-bond donors (Lipinski definition) is 3. The third kappa shape index (κ3) is 3.42. The van der Waals surface area contributed by atoms with Gasteiger partial charge in [-0.05, 0) is 25.8 Å². The minimum absolute atomic E-state index is 0.0947. The van der Waals surface area contributed by atoms with E-state index in [1.807, 2.05) is 0 Å². The molecule has 1 atom stereocenters. The maximum atomic E-state index is 12.1. The van der Waals surface area contributed by atoms with E-state index in [0.717, 1.165) is 19.0 Å². The first kappa shape index (κ1) is 13.8. The van der Waals surface area contributed by atoms with E-state index in [4.69, 9.17) is 5.73 Å². The molecule has 7 nitrogen and oxygen atoms in total. The van der Waals surface area contributed by atoms with Crippen molar-refractivity contribution in [2.45, 2.75) is 36.7 Å². The van der Waals surface area contributed by atoms with Crippen molar-refractivity contribution in [2.75, 3.05) is 5.73 Å². The summed E-state index contributed by atoms with van der Waals surface area (Å²) in [7, 11) is -3.85. The third-order valence-electron chi connectivity index (χ3n) is 2.75. The standard InChI is InChI=1S/C11H16N4O3S/c1-7(11(16)14-8-2-3-8)15-19(17,18)10-6-13-5-4-9(10)12/h4-8,15H,2-3H2,1H3,(H2,12,13)(H,14,16). The molecule has 0 spiro atoms. The number of anilines is 1. The highest BCUT2D eigenvalue weighted by Crippen LogP contribution is 2.19. The number of rotatable bonds is 5. The fourth-order valence-electron chi connectivity index (χ4n) is 1.52. The van der Waals surface area contributed by atoms with Gasteiger partial charge >= 0.3 is 0 Å². The summed E-state index contributed by atoms with van der Waals surface area (Å²) in [5, 5.41) is 2.73. The molecule has 104 valence electrons. The number of carbonyl (C=O) groups is 1. The van der Waals surface area contributed by atoms with Crippen LogP contribution in [0.1, 0.15) is 19.8 Å². The fraction of sp³-hybridized carbons (Fsp3) is 0.455. The molecule has 2 rings (SSSR count). The number of pyridine rings is 1. The van der Waals surface area contributed by atoms with Crippen LogP contribution < -0.4 is 15.8 Å². The van der Waals surface area contributed by atoms with Gasteiger partial charge in [0, 0.05) is 18.4 Å². The molecule has 0 bridgehead atoms. The summed E-state index contributed by atoms with van der Waals surface area (Å²) < 4.78 is 26.4. The first-order chi connectivity index (χ1) is 8.90. The average molecular weight is 284 g/mol. The Morgan fingerprint density at radius 2 is 2.21 bits per heavy atom. The number of nitrogen functional groups attached to an aromatic ring is 1. The predicted molar refractivity (Wildman–Crippen MR) is 69.6 cm³/mol. The lowest BCUT2D eigenvalue weighted by Crippen LogP contribution is -2.45. The highest BCUT2D eigenvalue weighted by Gasteiger charge is 2.28. The summed E-state index contributed by atoms with van der Waals surface area (Å²) in [6, 6.07) is 0.719. The highest BCUT2D eigenvalue weighted by molar-refractivity contribution is 7.89. The topological polar surface area (TPSA) is 114 Å². The number of carbonyl (C=O) groups excluding carboxylic acids is 1. The van der Waals surface area contributed by atoms with Crippen molar-refractivity contribution < 1.29 is 13.2 Å². The van der Waals surface area contributed by atoms with Gasteiger partial charge in [0.05, 0.1) is 11.7 Å². The Kier molecular flexibility index (Phi) is 3.72. The number of amides is 1. The predicted octanol–water partition coefficient (Wildman–Crippen LogP) is -0.391. The van der Waals surface area contributed by atoms with Gasteiger partial charge < -0.3 is 11.1 Å². The van der Waals surface area contributed by atoms with Gasteiger partial charge in [-0.3, -0.25) is 9.78 Å². The van der Waals surface area contributed by atoms with Gasteiger partial charge in [-0.15, -0.1) is 0 Å². The molecule has 1 unspecified atom stereocenters. The summed E-state index contributed by atoms with van der Waals surface area (Å²) in [6.07, 6.45) is 4.45. The average Bonchev–Trinajstić information content (AvgIpc) is 3.12. The van der Waals surface area contributed by atoms with E-state index in [1.54, 1.807) is 0 Å². The van der Waals surface area contributed by atoms with Gasteiger partial charge in [-0.1, -0.05) is 0 Å². The highest BCUT2D eigenvalue weighted by atomic mass is 32.2. The largest absolute Gasteiger partial charge is 0.398 e. The Hall–Kier alpha value is -1.67. The van der Waals surface area contributed by atoms with Crippen molar-refractivity contribution in [2.24, 2.45) is 0 Å². The minimum Gasteiger partial charge on any atom is -0.398 e. The van der Waals surface area contributed by atoms with Gasteiger partial charge in [0.1, 0.15) is 4.90 Å². The summed E-state index contributed by atoms with van der Waals surface area (Å²) in [5.74, 6) is -0.339. The van der Waals surface area contributed by atoms with Gasteiger partial charge in [-0.2, -0.15) is 4.72 Å². The zero-order chi connectivity index (χ0) is 14.0. The summed E-state index contributed by atoms with van der Waals surface area (Å²) in [6.45, 7) is 1.49. The molecule has 0 radical (unpaired) electrons. The Bertz CT molecular complexity index is 583. The Morgan fingerprint density at radius 3 is 2.79 bits per heavy atom. The van der Waals surface area contributed by atoms with Gasteiger partial charge in [0.2, 0.25) is 15.9 Å². The zero-order valence-corrected chi connectivity index (χ0v) is 11.3. The van der Waals surface area contributed by atoms with Crippen molar-refractivity contribution in [1.29, 1.82) is 0 Å². The second-order valence-electron chi connectivity index (χ2n) is 4.54. The number of hydrogen-bond acceptors (Lipinski definition) is 5. The van der Waals surface area contributed by atoms with Crippen LogP contribution in [0, 0.1) is 0 Å². The van der Waals surface area contributed by atoms with Gasteiger partial charge in [0.15, 0.2) is 0 Å². The molecule has 8 heteroatoms. The lowest BCUT2D eigenvalue weighted by molar-refractivity contribution is -0.122. The van der Waals surface area contributed by atoms with Crippen LogP contribution in [-0.2, 0) is 14.8 Å². The van der Waals surface area contributed by atoms with Crippen molar-refractivity contribution in [3.05, 3.63) is 18.5 Å². The smallest absolute Gasteiger partial charge is 0.244 e. The molecular weight excluding hydrogens is 268 g/mol. The summed E-state index contributed by atoms with van der Waals surface area (Å²) in [4.78, 5) is 15.3. The molecule has 1 saturated carbocycles. The van der Waals surface area contributed by atoms with Crippen LogP contribution in [-0.4, -0.2) is 31.4 Å². The molecule has 1 aromatic rings. The Balaban J connectivity index is 2.08. The van der Waals surface area contributed by atoms with Crippen LogP contribution in [0.4, 0.5) is 5.69 Å². The van der Waals surface area contributed by atoms with Crippen molar-refractivity contribution in [3.63, 3.8) is 0 Å². The van der Waals surface area contributed by atoms with E-state index in [9.17, 15) is 13.2 Å². The molecule has 1 aliphatic carbocycles. The van der Waals surface area contributed by atoms with Crippen LogP contribution in [0.5, 0.6) is 0 Å². The maximum absolute atomic E-state index is 12.1. The minimum atomic E-state index is -3.85. The molecule has 1 amide bonds. The molecule has 1 aromatic heterocycles. The number of aromatic nitrogens is 1. The van der Waals surface area contributed by atoms with Crippen LogP contribution in [0.3, 0.4) is 0 Å². The van der Waals surface area contributed by atoms with Gasteiger partial charge in [-0.25, -0.2) is 8.42 Å². The molecule has 1 aliphatic rings. The van der Waals surface area contributed by atoms with Crippen molar-refractivity contribution >= 4 is 21.6 Å². The lowest BCUT2D eigenvalue weighted by atomic mass is 10.3. The molecule has 0 aliphatic heterocycles. The fourth-order valence-corrected chi connectivity index (χ4v) is 2.80. The van der Waals surface area contributed by atoms with E-state index in [1.165, 1.54) is 19.2 Å². The summed E-state index contributed by atoms with van der Waals surface area (Å²) >= 11 is 0. The summed E-state index contributed by atoms with van der Waals surface area (Å²) in [5.41, 5.74) is 5.68. The van der Waals surface area contributed by atoms with Crippen LogP contribution in [0.15, 0.2) is 23.4 Å².